The summed E-state index contributed by atoms with van der Waals surface area (Å²) < 4.78 is 26.8. The first kappa shape index (κ1) is 15.9. The van der Waals surface area contributed by atoms with Crippen LogP contribution in [-0.4, -0.2) is 23.4 Å². The summed E-state index contributed by atoms with van der Waals surface area (Å²) in [4.78, 5) is 0. The van der Waals surface area contributed by atoms with E-state index in [4.69, 9.17) is 11.6 Å². The van der Waals surface area contributed by atoms with Gasteiger partial charge in [-0.1, -0.05) is 29.8 Å². The highest BCUT2D eigenvalue weighted by Crippen LogP contribution is 2.30. The van der Waals surface area contributed by atoms with E-state index in [2.05, 4.69) is 0 Å². The maximum absolute atomic E-state index is 13.8. The van der Waals surface area contributed by atoms with Crippen molar-refractivity contribution in [3.63, 3.8) is 0 Å². The van der Waals surface area contributed by atoms with Crippen LogP contribution in [0.3, 0.4) is 0 Å². The fraction of sp³-hybridized carbons (Fsp3) is 0.250. The molecule has 5 heteroatoms. The van der Waals surface area contributed by atoms with Gasteiger partial charge in [0.15, 0.2) is 0 Å². The smallest absolute Gasteiger partial charge is 0.129 e. The first-order chi connectivity index (χ1) is 10.0. The third-order valence-corrected chi connectivity index (χ3v) is 3.86. The van der Waals surface area contributed by atoms with Crippen LogP contribution in [0.5, 0.6) is 0 Å². The topological polar surface area (TPSA) is 40.5 Å². The molecule has 0 aliphatic rings. The molecule has 0 saturated carbocycles. The number of aliphatic hydroxyl groups excluding tert-OH is 2. The lowest BCUT2D eigenvalue weighted by atomic mass is 9.77. The Morgan fingerprint density at radius 3 is 2.10 bits per heavy atom. The van der Waals surface area contributed by atoms with Crippen molar-refractivity contribution in [3.8, 4) is 0 Å². The van der Waals surface area contributed by atoms with Crippen LogP contribution in [0.1, 0.15) is 11.1 Å². The van der Waals surface area contributed by atoms with E-state index < -0.39 is 17.0 Å². The quantitative estimate of drug-likeness (QED) is 0.891. The summed E-state index contributed by atoms with van der Waals surface area (Å²) in [5, 5.41) is 20.0. The molecule has 0 radical (unpaired) electrons. The molecule has 0 aromatic heterocycles. The SMILES string of the molecule is OCC(CO)(Cc1ccc(F)cc1F)c1ccc(Cl)cc1. The number of hydrogen-bond donors (Lipinski definition) is 2. The highest BCUT2D eigenvalue weighted by molar-refractivity contribution is 6.30. The zero-order valence-electron chi connectivity index (χ0n) is 11.2. The number of hydrogen-bond acceptors (Lipinski definition) is 2. The second-order valence-corrected chi connectivity index (χ2v) is 5.45. The van der Waals surface area contributed by atoms with Crippen LogP contribution >= 0.6 is 11.6 Å². The minimum absolute atomic E-state index is 0.0494. The molecule has 0 unspecified atom stereocenters. The molecule has 21 heavy (non-hydrogen) atoms. The van der Waals surface area contributed by atoms with Gasteiger partial charge in [-0.2, -0.15) is 0 Å². The normalized spacial score (nSPS) is 11.7. The monoisotopic (exact) mass is 312 g/mol. The van der Waals surface area contributed by atoms with Crippen molar-refractivity contribution in [2.24, 2.45) is 0 Å². The second-order valence-electron chi connectivity index (χ2n) is 5.02. The summed E-state index contributed by atoms with van der Waals surface area (Å²) in [5.74, 6) is -1.36. The molecule has 2 N–H and O–H groups in total. The average molecular weight is 313 g/mol. The van der Waals surface area contributed by atoms with Crippen LogP contribution in [0.4, 0.5) is 8.78 Å². The Balaban J connectivity index is 2.40. The van der Waals surface area contributed by atoms with E-state index in [0.29, 0.717) is 10.6 Å². The standard InChI is InChI=1S/C16H15ClF2O2/c17-13-4-2-12(3-5-13)16(9-20,10-21)8-11-1-6-14(18)7-15(11)19/h1-7,20-21H,8-10H2. The maximum atomic E-state index is 13.8. The summed E-state index contributed by atoms with van der Waals surface area (Å²) in [5.41, 5.74) is -0.182. The van der Waals surface area contributed by atoms with Crippen LogP contribution in [-0.2, 0) is 11.8 Å². The Morgan fingerprint density at radius 1 is 0.952 bits per heavy atom. The summed E-state index contributed by atoms with van der Waals surface area (Å²) >= 11 is 5.82. The summed E-state index contributed by atoms with van der Waals surface area (Å²) in [7, 11) is 0. The van der Waals surface area contributed by atoms with E-state index in [1.54, 1.807) is 24.3 Å². The summed E-state index contributed by atoms with van der Waals surface area (Å²) in [6, 6.07) is 9.89. The van der Waals surface area contributed by atoms with Gasteiger partial charge in [-0.25, -0.2) is 8.78 Å². The van der Waals surface area contributed by atoms with Crippen molar-refractivity contribution >= 4 is 11.6 Å². The highest BCUT2D eigenvalue weighted by atomic mass is 35.5. The van der Waals surface area contributed by atoms with E-state index in [1.165, 1.54) is 6.07 Å². The predicted molar refractivity (Wildman–Crippen MR) is 77.4 cm³/mol. The molecule has 0 spiro atoms. The van der Waals surface area contributed by atoms with Gasteiger partial charge in [-0.15, -0.1) is 0 Å². The molecule has 0 aliphatic heterocycles. The molecule has 0 aliphatic carbocycles. The zero-order chi connectivity index (χ0) is 15.5. The summed E-state index contributed by atoms with van der Waals surface area (Å²) in [6.07, 6.45) is 0.0494. The van der Waals surface area contributed by atoms with Crippen molar-refractivity contribution < 1.29 is 19.0 Å². The molecular weight excluding hydrogens is 298 g/mol. The van der Waals surface area contributed by atoms with E-state index in [0.717, 1.165) is 12.1 Å². The van der Waals surface area contributed by atoms with Crippen LogP contribution in [0.2, 0.25) is 5.02 Å². The largest absolute Gasteiger partial charge is 0.395 e. The molecular formula is C16H15ClF2O2. The molecule has 0 bridgehead atoms. The van der Waals surface area contributed by atoms with Gasteiger partial charge in [0.25, 0.3) is 0 Å². The molecule has 2 aromatic rings. The minimum Gasteiger partial charge on any atom is -0.395 e. The zero-order valence-corrected chi connectivity index (χ0v) is 11.9. The molecule has 2 aromatic carbocycles. The van der Waals surface area contributed by atoms with Crippen molar-refractivity contribution in [2.45, 2.75) is 11.8 Å². The molecule has 0 atom stereocenters. The van der Waals surface area contributed by atoms with Crippen LogP contribution in [0.25, 0.3) is 0 Å². The van der Waals surface area contributed by atoms with Gasteiger partial charge in [0.05, 0.1) is 13.2 Å². The Labute approximate surface area is 126 Å². The van der Waals surface area contributed by atoms with Gasteiger partial charge in [0.1, 0.15) is 11.6 Å². The Morgan fingerprint density at radius 2 is 1.57 bits per heavy atom. The van der Waals surface area contributed by atoms with Gasteiger partial charge in [-0.05, 0) is 35.7 Å². The molecule has 112 valence electrons. The molecule has 0 fully saturated rings. The van der Waals surface area contributed by atoms with E-state index in [-0.39, 0.29) is 25.2 Å². The van der Waals surface area contributed by atoms with Gasteiger partial charge in [0, 0.05) is 16.5 Å². The van der Waals surface area contributed by atoms with Gasteiger partial charge >= 0.3 is 0 Å². The average Bonchev–Trinajstić information content (AvgIpc) is 2.48. The van der Waals surface area contributed by atoms with E-state index in [9.17, 15) is 19.0 Å². The molecule has 0 amide bonds. The maximum Gasteiger partial charge on any atom is 0.129 e. The number of aliphatic hydroxyl groups is 2. The van der Waals surface area contributed by atoms with Crippen molar-refractivity contribution in [3.05, 3.63) is 70.2 Å². The lowest BCUT2D eigenvalue weighted by molar-refractivity contribution is 0.115. The fourth-order valence-electron chi connectivity index (χ4n) is 2.28. The van der Waals surface area contributed by atoms with Crippen LogP contribution in [0, 0.1) is 11.6 Å². The summed E-state index contributed by atoms with van der Waals surface area (Å²) in [6.45, 7) is -0.746. The predicted octanol–water partition coefficient (Wildman–Crippen LogP) is 3.08. The lowest BCUT2D eigenvalue weighted by Gasteiger charge is -2.30. The third-order valence-electron chi connectivity index (χ3n) is 3.61. The Hall–Kier alpha value is -1.49. The Bertz CT molecular complexity index is 610. The van der Waals surface area contributed by atoms with Gasteiger partial charge < -0.3 is 10.2 Å². The van der Waals surface area contributed by atoms with Crippen molar-refractivity contribution in [1.29, 1.82) is 0 Å². The van der Waals surface area contributed by atoms with E-state index >= 15 is 0 Å². The van der Waals surface area contributed by atoms with Gasteiger partial charge in [-0.3, -0.25) is 0 Å². The molecule has 2 rings (SSSR count). The molecule has 2 nitrogen and oxygen atoms in total. The van der Waals surface area contributed by atoms with Crippen molar-refractivity contribution in [2.75, 3.05) is 13.2 Å². The van der Waals surface area contributed by atoms with Crippen molar-refractivity contribution in [1.82, 2.24) is 0 Å². The van der Waals surface area contributed by atoms with Gasteiger partial charge in [0.2, 0.25) is 0 Å². The first-order valence-corrected chi connectivity index (χ1v) is 6.80. The number of rotatable bonds is 5. The lowest BCUT2D eigenvalue weighted by Crippen LogP contribution is -2.37. The first-order valence-electron chi connectivity index (χ1n) is 6.42. The third kappa shape index (κ3) is 3.40. The van der Waals surface area contributed by atoms with Crippen LogP contribution < -0.4 is 0 Å². The second kappa shape index (κ2) is 6.52. The van der Waals surface area contributed by atoms with E-state index in [1.807, 2.05) is 0 Å². The molecule has 0 saturated heterocycles. The highest BCUT2D eigenvalue weighted by Gasteiger charge is 2.32. The fourth-order valence-corrected chi connectivity index (χ4v) is 2.41. The minimum atomic E-state index is -1.05. The number of halogens is 3. The number of benzene rings is 2. The Kier molecular flexibility index (Phi) is 4.93. The van der Waals surface area contributed by atoms with Crippen LogP contribution in [0.15, 0.2) is 42.5 Å². The molecule has 0 heterocycles.